The quantitative estimate of drug-likeness (QED) is 0.0197. The number of hydrogen-bond acceptors (Lipinski definition) is 25. The molecule has 9 N–H and O–H groups in total. The molecule has 10 fully saturated rings. The second kappa shape index (κ2) is 59.5. The van der Waals surface area contributed by atoms with E-state index in [1.54, 1.807) is 35.1 Å². The van der Waals surface area contributed by atoms with Gasteiger partial charge in [0.25, 0.3) is 0 Å². The molecule has 3 saturated heterocycles. The Morgan fingerprint density at radius 3 is 1.36 bits per heavy atom. The zero-order chi connectivity index (χ0) is 97.0. The van der Waals surface area contributed by atoms with Crippen LogP contribution in [0.5, 0.6) is 0 Å². The summed E-state index contributed by atoms with van der Waals surface area (Å²) >= 11 is 1.96. The van der Waals surface area contributed by atoms with E-state index in [0.29, 0.717) is 55.9 Å². The van der Waals surface area contributed by atoms with Crippen LogP contribution in [0.2, 0.25) is 0 Å². The van der Waals surface area contributed by atoms with Crippen molar-refractivity contribution in [3.05, 3.63) is 52.6 Å². The van der Waals surface area contributed by atoms with Gasteiger partial charge in [-0.1, -0.05) is 140 Å². The third-order valence-electron chi connectivity index (χ3n) is 25.9. The molecule has 3 aromatic heterocycles. The summed E-state index contributed by atoms with van der Waals surface area (Å²) in [5.74, 6) is -0.731. The number of aliphatic hydroxyl groups excluding tert-OH is 2. The number of H-pyrrole nitrogens is 2. The summed E-state index contributed by atoms with van der Waals surface area (Å²) in [6.45, 7) is 38.0. The van der Waals surface area contributed by atoms with Crippen LogP contribution in [0, 0.1) is 44.6 Å². The molecule has 0 spiro atoms. The van der Waals surface area contributed by atoms with Gasteiger partial charge in [0.15, 0.2) is 5.78 Å². The van der Waals surface area contributed by atoms with Gasteiger partial charge in [-0.25, -0.2) is 30.4 Å². The number of esters is 2. The Hall–Kier alpha value is -6.34. The molecule has 7 aliphatic carbocycles. The Labute approximate surface area is 814 Å². The van der Waals surface area contributed by atoms with Gasteiger partial charge in [-0.2, -0.15) is 10.2 Å². The maximum atomic E-state index is 12.8. The molecule has 0 radical (unpaired) electrons. The molecule has 5 aliphatic heterocycles. The number of carbonyl (C=O) groups is 10. The molecule has 740 valence electrons. The first-order valence-corrected chi connectivity index (χ1v) is 48.4. The topological polar surface area (TPSA) is 461 Å². The summed E-state index contributed by atoms with van der Waals surface area (Å²) in [5.41, 5.74) is 15.7. The number of amides is 3. The number of likely N-dealkylation sites (tertiary alicyclic amines) is 2. The monoisotopic (exact) mass is 1960 g/mol. The fraction of sp³-hybridized carbons (Fsp3) is 0.802. The molecule has 7 saturated carbocycles. The first-order chi connectivity index (χ1) is 60.8. The van der Waals surface area contributed by atoms with Gasteiger partial charge in [0.1, 0.15) is 34.7 Å². The predicted molar refractivity (Wildman–Crippen MR) is 506 cm³/mol. The molecule has 1 unspecified atom stereocenters. The SMILES string of the molecule is C1CCOC1.CC(C)(C)OC(=O)N1CCC(=O)C(C(=O)C2(C)CCCC2)C1.CC(C)(C)OC(=O)N1CCC(=O)CC1.CC(C)(C)OC(=O)N1CCc2[nH]nc(C3(C)CCCC3)c2C1.CC1(C(=O)O)CCCC1.CC1(C(=O)n2ccnc2)CCCC1.CC1(c2n[nH]c3c2CNCC3)CCCC1.CCO.CO.COC(=O)C1(C)CCCC1.COC(=O)C1CCCC1.N=N.[2H]CI.[HH].[Na+].[OH-]. The number of rotatable bonds is 8. The summed E-state index contributed by atoms with van der Waals surface area (Å²) < 4.78 is 38.1. The van der Waals surface area contributed by atoms with Crippen LogP contribution in [0.1, 0.15) is 364 Å². The Balaban J connectivity index is 0.00000147. The van der Waals surface area contributed by atoms with Crippen molar-refractivity contribution in [2.75, 3.05) is 85.3 Å². The molecule has 3 aromatic rings. The molecule has 34 heteroatoms. The average molecular weight is 1960 g/mol. The molecule has 12 aliphatic rings. The number of alkyl halides is 1. The van der Waals surface area contributed by atoms with Gasteiger partial charge in [-0.15, -0.1) is 0 Å². The summed E-state index contributed by atoms with van der Waals surface area (Å²) in [5, 5.41) is 42.3. The maximum absolute atomic E-state index is 12.8. The number of aliphatic hydroxyl groups is 2. The van der Waals surface area contributed by atoms with Crippen LogP contribution in [0.4, 0.5) is 14.4 Å². The number of nitrogens with one attached hydrogen (secondary N) is 5. The predicted octanol–water partition coefficient (Wildman–Crippen LogP) is 15.9. The molecular formula is C96H168IN12NaO20. The minimum absolute atomic E-state index is 0. The van der Waals surface area contributed by atoms with E-state index >= 15 is 0 Å². The van der Waals surface area contributed by atoms with Gasteiger partial charge in [0.05, 0.1) is 54.8 Å². The first-order valence-electron chi connectivity index (χ1n) is 47.6. The number of ether oxygens (including phenoxy) is 6. The zero-order valence-electron chi connectivity index (χ0n) is 84.0. The van der Waals surface area contributed by atoms with Crippen molar-refractivity contribution in [2.45, 2.75) is 376 Å². The van der Waals surface area contributed by atoms with Crippen molar-refractivity contribution < 1.29 is 130 Å². The van der Waals surface area contributed by atoms with Crippen LogP contribution in [-0.2, 0) is 93.9 Å². The fourth-order valence-electron chi connectivity index (χ4n) is 18.3. The minimum Gasteiger partial charge on any atom is -0.870 e. The number of imidazole rings is 1. The van der Waals surface area contributed by atoms with Crippen molar-refractivity contribution >= 4 is 82.0 Å². The van der Waals surface area contributed by atoms with Gasteiger partial charge in [-0.3, -0.25) is 48.3 Å². The zero-order valence-corrected chi connectivity index (χ0v) is 87.1. The number of carboxylic acids is 1. The number of aliphatic carboxylic acids is 1. The number of Topliss-reactive ketones (excluding diaryl/α,β-unsaturated/α-hetero) is 3. The number of hydrogen-bond donors (Lipinski definition) is 8. The second-order valence-electron chi connectivity index (χ2n) is 40.0. The van der Waals surface area contributed by atoms with Gasteiger partial charge < -0.3 is 69.2 Å². The van der Waals surface area contributed by atoms with Gasteiger partial charge in [0, 0.05) is 164 Å². The standard InChI is InChI=1S/C17H27N3O2.C17H27NO4.C12H19N3.C10H14N2O.C10H17NO3.C8H14O2.2C7H12O2.C4H8O.C2H6O.CH3I.CH4O.H2N2.Na.H2O.H2/c1-16(2,3)22-15(21)20-10-7-13-12(11-20)14(19-18-13)17(4)8-5-6-9-17;1-16(2,3)22-15(21)18-10-7-13(19)12(11-18)14(20)17(4)8-5-6-9-17;1-12(5-2-3-6-12)11-9-8-13-7-4-10(9)14-15-11;1-10(4-2-3-5-10)9(13)12-7-6-11-8-12;1-10(2,3)14-9(13)11-6-4-8(12)5-7-11;1-8(7(9)10-2)5-3-4-6-8;1-7(6(8)9)4-2-3-5-7;1-9-7(8)6-4-2-3-5-6;1-2-4-5-3-1;1-2-3;3*1-2;;;/h5-11H2,1-4H3,(H,18,19);12H,5-11H2,1-4H3;13H,2-8H2,1H3,(H,14,15);6-8H,2-5H2,1H3;4-7H2,1-3H3;3-6H2,1-2H3;2-5H2,1H3,(H,8,9);6H,2-5H2,1H3;1-4H2;3H,2H2,1H3;1H3;2H,1H3;1-2H;;1H2;1H/q;;;;;;;;;;;;;+1;;/p-1/i;;;;;;;;;;1D;;;;;. The van der Waals surface area contributed by atoms with E-state index in [9.17, 15) is 47.9 Å². The number of halogens is 1. The van der Waals surface area contributed by atoms with Gasteiger partial charge in [-0.05, 0) is 191 Å². The van der Waals surface area contributed by atoms with Gasteiger partial charge in [0.2, 0.25) is 5.91 Å². The van der Waals surface area contributed by atoms with Crippen molar-refractivity contribution in [1.29, 1.82) is 11.1 Å². The Morgan fingerprint density at radius 2 is 0.962 bits per heavy atom. The number of fused-ring (bicyclic) bond motifs is 2. The van der Waals surface area contributed by atoms with Crippen molar-refractivity contribution in [1.82, 2.24) is 50.0 Å². The molecule has 15 rings (SSSR count). The Bertz CT molecular complexity index is 3840. The summed E-state index contributed by atoms with van der Waals surface area (Å²) in [4.78, 5) is 126. The van der Waals surface area contributed by atoms with Crippen molar-refractivity contribution in [3.63, 3.8) is 0 Å². The van der Waals surface area contributed by atoms with Crippen LogP contribution in [-0.4, -0.2) is 227 Å². The summed E-state index contributed by atoms with van der Waals surface area (Å²) in [7, 11) is 3.92. The molecule has 3 amide bonds. The number of carboxylic acid groups (broad SMARTS) is 1. The van der Waals surface area contributed by atoms with E-state index in [4.69, 9.17) is 51.4 Å². The van der Waals surface area contributed by atoms with Crippen LogP contribution in [0.15, 0.2) is 18.7 Å². The minimum atomic E-state index is -0.677. The van der Waals surface area contributed by atoms with E-state index in [1.165, 1.54) is 156 Å². The Kier molecular flexibility index (Phi) is 54.8. The van der Waals surface area contributed by atoms with E-state index in [1.807, 2.05) is 111 Å². The third-order valence-corrected chi connectivity index (χ3v) is 25.9. The number of carbonyl (C=O) groups excluding carboxylic acids is 9. The summed E-state index contributed by atoms with van der Waals surface area (Å²) in [6.07, 6.45) is 40.8. The number of piperidine rings is 2. The van der Waals surface area contributed by atoms with Gasteiger partial charge >= 0.3 is 65.7 Å². The smallest absolute Gasteiger partial charge is 0.870 e. The Morgan fingerprint density at radius 1 is 0.569 bits per heavy atom. The molecule has 8 heterocycles. The molecular weight excluding hydrogens is 1790 g/mol. The second-order valence-corrected chi connectivity index (χ2v) is 40.0. The van der Waals surface area contributed by atoms with Crippen molar-refractivity contribution in [3.8, 4) is 0 Å². The number of aromatic nitrogens is 6. The molecule has 32 nitrogen and oxygen atoms in total. The van der Waals surface area contributed by atoms with Crippen LogP contribution in [0.3, 0.4) is 0 Å². The third kappa shape index (κ3) is 39.9. The van der Waals surface area contributed by atoms with E-state index in [-0.39, 0.29) is 131 Å². The van der Waals surface area contributed by atoms with Crippen molar-refractivity contribution in [2.24, 2.45) is 33.5 Å². The average Bonchev–Trinajstić information content (AvgIpc) is 1.61. The number of aromatic amines is 2. The normalized spacial score (nSPS) is 20.6. The number of nitrogens with zero attached hydrogens (tertiary/aromatic N) is 7. The van der Waals surface area contributed by atoms with E-state index < -0.39 is 40.2 Å². The molecule has 130 heavy (non-hydrogen) atoms. The van der Waals surface area contributed by atoms with E-state index in [0.717, 1.165) is 136 Å². The largest absolute Gasteiger partial charge is 1.00 e. The van der Waals surface area contributed by atoms with Crippen LogP contribution in [0.25, 0.3) is 0 Å². The first kappa shape index (κ1) is 120. The van der Waals surface area contributed by atoms with Crippen LogP contribution < -0.4 is 34.9 Å². The number of ketones is 3. The molecule has 0 bridgehead atoms. The maximum Gasteiger partial charge on any atom is 1.00 e. The van der Waals surface area contributed by atoms with Crippen LogP contribution >= 0.6 is 22.6 Å². The number of methoxy groups -OCH3 is 2. The fourth-order valence-corrected chi connectivity index (χ4v) is 18.3. The van der Waals surface area contributed by atoms with E-state index in [2.05, 4.69) is 56.2 Å². The molecule has 0 aromatic carbocycles. The molecule has 1 atom stereocenters. The summed E-state index contributed by atoms with van der Waals surface area (Å²) in [6, 6.07) is 0.